The van der Waals surface area contributed by atoms with Crippen molar-refractivity contribution in [1.82, 2.24) is 20.0 Å². The number of rotatable bonds is 3. The van der Waals surface area contributed by atoms with Crippen molar-refractivity contribution in [3.05, 3.63) is 12.4 Å². The van der Waals surface area contributed by atoms with Crippen LogP contribution in [0.5, 0.6) is 0 Å². The molecular formula is C16H27N5O2. The van der Waals surface area contributed by atoms with Crippen LogP contribution in [-0.4, -0.2) is 66.1 Å². The van der Waals surface area contributed by atoms with E-state index in [1.807, 2.05) is 29.0 Å². The normalized spacial score (nSPS) is 25.5. The first kappa shape index (κ1) is 16.1. The zero-order valence-corrected chi connectivity index (χ0v) is 14.1. The Morgan fingerprint density at radius 2 is 1.91 bits per heavy atom. The first-order chi connectivity index (χ1) is 11.2. The minimum atomic E-state index is 0.0803. The molecule has 1 N–H and O–H groups in total. The van der Waals surface area contributed by atoms with Gasteiger partial charge in [-0.2, -0.15) is 5.10 Å². The van der Waals surface area contributed by atoms with Gasteiger partial charge in [-0.3, -0.25) is 4.68 Å². The molecule has 7 nitrogen and oxygen atoms in total. The molecule has 2 fully saturated rings. The van der Waals surface area contributed by atoms with Gasteiger partial charge in [-0.1, -0.05) is 0 Å². The number of piperazine rings is 1. The molecule has 0 aromatic carbocycles. The maximum absolute atomic E-state index is 12.4. The van der Waals surface area contributed by atoms with Crippen LogP contribution < -0.4 is 10.2 Å². The maximum Gasteiger partial charge on any atom is 0.317 e. The first-order valence-corrected chi connectivity index (χ1v) is 8.47. The minimum Gasteiger partial charge on any atom is -0.381 e. The summed E-state index contributed by atoms with van der Waals surface area (Å²) in [6.07, 6.45) is 8.37. The summed E-state index contributed by atoms with van der Waals surface area (Å²) in [5.41, 5.74) is 1.13. The number of nitrogens with zero attached hydrogens (tertiary/aromatic N) is 4. The van der Waals surface area contributed by atoms with Crippen LogP contribution in [0.15, 0.2) is 12.4 Å². The molecule has 2 aliphatic rings. The van der Waals surface area contributed by atoms with E-state index in [4.69, 9.17) is 4.74 Å². The lowest BCUT2D eigenvalue weighted by Crippen LogP contribution is -2.54. The molecule has 1 saturated carbocycles. The molecular weight excluding hydrogens is 294 g/mol. The number of aryl methyl sites for hydroxylation is 1. The zero-order valence-electron chi connectivity index (χ0n) is 14.1. The van der Waals surface area contributed by atoms with E-state index in [2.05, 4.69) is 15.3 Å². The summed E-state index contributed by atoms with van der Waals surface area (Å²) >= 11 is 0. The second-order valence-electron chi connectivity index (χ2n) is 6.51. The number of carbonyl (C=O) groups is 1. The zero-order chi connectivity index (χ0) is 16.2. The van der Waals surface area contributed by atoms with Crippen molar-refractivity contribution >= 4 is 11.7 Å². The average Bonchev–Trinajstić information content (AvgIpc) is 3.02. The molecule has 1 aliphatic carbocycles. The smallest absolute Gasteiger partial charge is 0.317 e. The predicted octanol–water partition coefficient (Wildman–Crippen LogP) is 1.21. The van der Waals surface area contributed by atoms with Crippen molar-refractivity contribution in [2.75, 3.05) is 38.2 Å². The standard InChI is InChI=1S/C16H27N5O2/c1-19-12-14(11-17-19)20-7-9-21(10-8-20)16(22)18-13-3-5-15(23-2)6-4-13/h11-13,15H,3-10H2,1-2H3,(H,18,22). The van der Waals surface area contributed by atoms with Crippen LogP contribution in [0.2, 0.25) is 0 Å². The lowest BCUT2D eigenvalue weighted by molar-refractivity contribution is 0.0627. The molecule has 0 unspecified atom stereocenters. The number of methoxy groups -OCH3 is 1. The molecule has 0 spiro atoms. The van der Waals surface area contributed by atoms with Gasteiger partial charge in [0.05, 0.1) is 18.0 Å². The molecule has 128 valence electrons. The average molecular weight is 321 g/mol. The summed E-state index contributed by atoms with van der Waals surface area (Å²) < 4.78 is 7.19. The van der Waals surface area contributed by atoms with Gasteiger partial charge in [0.1, 0.15) is 0 Å². The van der Waals surface area contributed by atoms with E-state index in [0.29, 0.717) is 12.1 Å². The summed E-state index contributed by atoms with van der Waals surface area (Å²) in [7, 11) is 3.69. The fraction of sp³-hybridized carbons (Fsp3) is 0.750. The Bertz CT molecular complexity index is 516. The second-order valence-corrected chi connectivity index (χ2v) is 6.51. The SMILES string of the molecule is COC1CCC(NC(=O)N2CCN(c3cnn(C)c3)CC2)CC1. The van der Waals surface area contributed by atoms with E-state index in [9.17, 15) is 4.79 Å². The van der Waals surface area contributed by atoms with Crippen LogP contribution in [0.4, 0.5) is 10.5 Å². The number of anilines is 1. The van der Waals surface area contributed by atoms with Crippen molar-refractivity contribution in [3.63, 3.8) is 0 Å². The maximum atomic E-state index is 12.4. The lowest BCUT2D eigenvalue weighted by Gasteiger charge is -2.37. The third kappa shape index (κ3) is 3.96. The number of hydrogen-bond acceptors (Lipinski definition) is 4. The van der Waals surface area contributed by atoms with Gasteiger partial charge in [0.25, 0.3) is 0 Å². The number of nitrogens with one attached hydrogen (secondary N) is 1. The number of carbonyl (C=O) groups excluding carboxylic acids is 1. The summed E-state index contributed by atoms with van der Waals surface area (Å²) in [5, 5.41) is 7.40. The highest BCUT2D eigenvalue weighted by Gasteiger charge is 2.26. The van der Waals surface area contributed by atoms with Crippen molar-refractivity contribution < 1.29 is 9.53 Å². The first-order valence-electron chi connectivity index (χ1n) is 8.47. The third-order valence-electron chi connectivity index (χ3n) is 4.96. The molecule has 0 bridgehead atoms. The fourth-order valence-electron chi connectivity index (χ4n) is 3.45. The van der Waals surface area contributed by atoms with Crippen LogP contribution in [0.1, 0.15) is 25.7 Å². The molecule has 1 aromatic heterocycles. The van der Waals surface area contributed by atoms with E-state index in [0.717, 1.165) is 57.5 Å². The van der Waals surface area contributed by atoms with Gasteiger partial charge in [-0.15, -0.1) is 0 Å². The summed E-state index contributed by atoms with van der Waals surface area (Å²) in [5.74, 6) is 0. The molecule has 7 heteroatoms. The molecule has 2 amide bonds. The third-order valence-corrected chi connectivity index (χ3v) is 4.96. The van der Waals surface area contributed by atoms with Gasteiger partial charge in [0.2, 0.25) is 0 Å². The molecule has 23 heavy (non-hydrogen) atoms. The van der Waals surface area contributed by atoms with E-state index in [1.165, 1.54) is 0 Å². The van der Waals surface area contributed by atoms with Gasteiger partial charge in [-0.25, -0.2) is 4.79 Å². The van der Waals surface area contributed by atoms with Gasteiger partial charge in [0, 0.05) is 52.6 Å². The van der Waals surface area contributed by atoms with Crippen LogP contribution in [-0.2, 0) is 11.8 Å². The van der Waals surface area contributed by atoms with Crippen molar-refractivity contribution in [2.24, 2.45) is 7.05 Å². The predicted molar refractivity (Wildman–Crippen MR) is 88.6 cm³/mol. The quantitative estimate of drug-likeness (QED) is 0.909. The summed E-state index contributed by atoms with van der Waals surface area (Å²) in [4.78, 5) is 16.6. The number of aromatic nitrogens is 2. The Morgan fingerprint density at radius 1 is 1.22 bits per heavy atom. The second kappa shape index (κ2) is 7.21. The van der Waals surface area contributed by atoms with E-state index in [1.54, 1.807) is 7.11 Å². The van der Waals surface area contributed by atoms with Crippen LogP contribution in [0.3, 0.4) is 0 Å². The van der Waals surface area contributed by atoms with Crippen LogP contribution >= 0.6 is 0 Å². The Kier molecular flexibility index (Phi) is 5.05. The molecule has 1 aromatic rings. The van der Waals surface area contributed by atoms with E-state index >= 15 is 0 Å². The number of hydrogen-bond donors (Lipinski definition) is 1. The Morgan fingerprint density at radius 3 is 2.48 bits per heavy atom. The van der Waals surface area contributed by atoms with Crippen molar-refractivity contribution in [2.45, 2.75) is 37.8 Å². The van der Waals surface area contributed by atoms with Crippen molar-refractivity contribution in [1.29, 1.82) is 0 Å². The summed E-state index contributed by atoms with van der Waals surface area (Å²) in [6.45, 7) is 3.23. The Hall–Kier alpha value is -1.76. The lowest BCUT2D eigenvalue weighted by atomic mass is 9.93. The molecule has 3 rings (SSSR count). The monoisotopic (exact) mass is 321 g/mol. The topological polar surface area (TPSA) is 62.6 Å². The van der Waals surface area contributed by atoms with Gasteiger partial charge >= 0.3 is 6.03 Å². The molecule has 0 atom stereocenters. The Balaban J connectivity index is 1.43. The summed E-state index contributed by atoms with van der Waals surface area (Å²) in [6, 6.07) is 0.377. The highest BCUT2D eigenvalue weighted by Crippen LogP contribution is 2.21. The van der Waals surface area contributed by atoms with Crippen LogP contribution in [0, 0.1) is 0 Å². The number of ether oxygens (including phenoxy) is 1. The molecule has 2 heterocycles. The highest BCUT2D eigenvalue weighted by molar-refractivity contribution is 5.75. The van der Waals surface area contributed by atoms with Gasteiger partial charge in [0.15, 0.2) is 0 Å². The molecule has 1 aliphatic heterocycles. The number of urea groups is 1. The number of amides is 2. The van der Waals surface area contributed by atoms with Crippen molar-refractivity contribution in [3.8, 4) is 0 Å². The van der Waals surface area contributed by atoms with E-state index in [-0.39, 0.29) is 6.03 Å². The Labute approximate surface area is 137 Å². The fourth-order valence-corrected chi connectivity index (χ4v) is 3.45. The molecule has 0 radical (unpaired) electrons. The van der Waals surface area contributed by atoms with E-state index < -0.39 is 0 Å². The highest BCUT2D eigenvalue weighted by atomic mass is 16.5. The van der Waals surface area contributed by atoms with Gasteiger partial charge < -0.3 is 19.9 Å². The van der Waals surface area contributed by atoms with Gasteiger partial charge in [-0.05, 0) is 25.7 Å². The largest absolute Gasteiger partial charge is 0.381 e. The van der Waals surface area contributed by atoms with Crippen LogP contribution in [0.25, 0.3) is 0 Å². The minimum absolute atomic E-state index is 0.0803. The molecule has 1 saturated heterocycles.